The minimum atomic E-state index is 0.0714. The van der Waals surface area contributed by atoms with Crippen molar-refractivity contribution in [3.8, 4) is 0 Å². The molecule has 0 fully saturated rings. The molecule has 1 atom stereocenters. The van der Waals surface area contributed by atoms with Crippen molar-refractivity contribution in [3.05, 3.63) is 48.4 Å². The van der Waals surface area contributed by atoms with Crippen LogP contribution in [0.15, 0.2) is 41.4 Å². The van der Waals surface area contributed by atoms with Gasteiger partial charge in [0.05, 0.1) is 24.3 Å². The Morgan fingerprint density at radius 3 is 3.00 bits per heavy atom. The van der Waals surface area contributed by atoms with Gasteiger partial charge in [-0.2, -0.15) is 0 Å². The first-order valence-electron chi connectivity index (χ1n) is 6.30. The molecule has 6 heteroatoms. The van der Waals surface area contributed by atoms with E-state index in [0.29, 0.717) is 12.3 Å². The van der Waals surface area contributed by atoms with Crippen molar-refractivity contribution < 1.29 is 9.21 Å². The largest absolute Gasteiger partial charge is 0.467 e. The molecule has 0 N–H and O–H groups in total. The Bertz CT molecular complexity index is 531. The molecule has 2 aromatic heterocycles. The molecule has 0 saturated carbocycles. The summed E-state index contributed by atoms with van der Waals surface area (Å²) in [5, 5.41) is 0.143. The fourth-order valence-electron chi connectivity index (χ4n) is 1.64. The highest BCUT2D eigenvalue weighted by Crippen LogP contribution is 2.25. The van der Waals surface area contributed by atoms with Crippen molar-refractivity contribution in [2.24, 2.45) is 0 Å². The number of aromatic nitrogens is 2. The second-order valence-electron chi connectivity index (χ2n) is 4.41. The highest BCUT2D eigenvalue weighted by atomic mass is 32.2. The maximum Gasteiger partial charge on any atom is 0.232 e. The molecule has 2 aromatic rings. The predicted octanol–water partition coefficient (Wildman–Crippen LogP) is 2.52. The number of furan rings is 1. The summed E-state index contributed by atoms with van der Waals surface area (Å²) in [6.07, 6.45) is 6.65. The Hall–Kier alpha value is -1.82. The summed E-state index contributed by atoms with van der Waals surface area (Å²) in [7, 11) is 1.78. The summed E-state index contributed by atoms with van der Waals surface area (Å²) in [4.78, 5) is 22.0. The number of hydrogen-bond acceptors (Lipinski definition) is 5. The zero-order valence-corrected chi connectivity index (χ0v) is 12.3. The van der Waals surface area contributed by atoms with E-state index in [9.17, 15) is 4.79 Å². The van der Waals surface area contributed by atoms with Crippen molar-refractivity contribution in [2.45, 2.75) is 18.7 Å². The Morgan fingerprint density at radius 1 is 1.50 bits per heavy atom. The van der Waals surface area contributed by atoms with Crippen molar-refractivity contribution in [2.75, 3.05) is 12.8 Å². The van der Waals surface area contributed by atoms with Crippen LogP contribution in [0.2, 0.25) is 0 Å². The number of carbonyl (C=O) groups is 1. The van der Waals surface area contributed by atoms with Gasteiger partial charge in [-0.05, 0) is 19.1 Å². The van der Waals surface area contributed by atoms with E-state index in [4.69, 9.17) is 4.42 Å². The van der Waals surface area contributed by atoms with E-state index in [2.05, 4.69) is 9.97 Å². The second-order valence-corrected chi connectivity index (χ2v) is 5.74. The molecule has 0 bridgehead atoms. The van der Waals surface area contributed by atoms with Crippen LogP contribution < -0.4 is 0 Å². The number of thioether (sulfide) groups is 1. The van der Waals surface area contributed by atoms with Crippen LogP contribution >= 0.6 is 11.8 Å². The average molecular weight is 291 g/mol. The average Bonchev–Trinajstić information content (AvgIpc) is 2.98. The van der Waals surface area contributed by atoms with Crippen LogP contribution in [-0.4, -0.2) is 33.6 Å². The van der Waals surface area contributed by atoms with Gasteiger partial charge in [0.1, 0.15) is 5.76 Å². The molecule has 20 heavy (non-hydrogen) atoms. The first-order chi connectivity index (χ1) is 9.66. The third-order valence-electron chi connectivity index (χ3n) is 2.86. The normalized spacial score (nSPS) is 12.1. The summed E-state index contributed by atoms with van der Waals surface area (Å²) >= 11 is 1.55. The topological polar surface area (TPSA) is 59.2 Å². The van der Waals surface area contributed by atoms with Gasteiger partial charge in [-0.15, -0.1) is 11.8 Å². The second kappa shape index (κ2) is 7.09. The van der Waals surface area contributed by atoms with Crippen LogP contribution in [0.1, 0.15) is 23.6 Å². The lowest BCUT2D eigenvalue weighted by atomic mass is 10.3. The Morgan fingerprint density at radius 2 is 2.35 bits per heavy atom. The SMILES string of the molecule is CC(SCC(=O)N(C)Cc1ccco1)c1cnccn1. The fourth-order valence-corrected chi connectivity index (χ4v) is 2.54. The monoisotopic (exact) mass is 291 g/mol. The van der Waals surface area contributed by atoms with Gasteiger partial charge >= 0.3 is 0 Å². The predicted molar refractivity (Wildman–Crippen MR) is 78.1 cm³/mol. The van der Waals surface area contributed by atoms with Gasteiger partial charge < -0.3 is 9.32 Å². The number of hydrogen-bond donors (Lipinski definition) is 0. The molecule has 1 unspecified atom stereocenters. The smallest absolute Gasteiger partial charge is 0.232 e. The maximum absolute atomic E-state index is 12.0. The molecule has 106 valence electrons. The Kier molecular flexibility index (Phi) is 5.17. The lowest BCUT2D eigenvalue weighted by molar-refractivity contribution is -0.127. The summed E-state index contributed by atoms with van der Waals surface area (Å²) in [6.45, 7) is 2.51. The van der Waals surface area contributed by atoms with E-state index in [1.807, 2.05) is 19.1 Å². The van der Waals surface area contributed by atoms with E-state index >= 15 is 0 Å². The maximum atomic E-state index is 12.0. The fraction of sp³-hybridized carbons (Fsp3) is 0.357. The molecule has 5 nitrogen and oxygen atoms in total. The van der Waals surface area contributed by atoms with Gasteiger partial charge in [-0.25, -0.2) is 0 Å². The Balaban J connectivity index is 1.80. The van der Waals surface area contributed by atoms with Crippen molar-refractivity contribution >= 4 is 17.7 Å². The van der Waals surface area contributed by atoms with Gasteiger partial charge in [-0.1, -0.05) is 0 Å². The van der Waals surface area contributed by atoms with Crippen LogP contribution in [-0.2, 0) is 11.3 Å². The zero-order valence-electron chi connectivity index (χ0n) is 11.5. The van der Waals surface area contributed by atoms with E-state index in [0.717, 1.165) is 11.5 Å². The third kappa shape index (κ3) is 4.09. The van der Waals surface area contributed by atoms with E-state index in [-0.39, 0.29) is 11.2 Å². The van der Waals surface area contributed by atoms with Crippen molar-refractivity contribution in [3.63, 3.8) is 0 Å². The number of nitrogens with zero attached hydrogens (tertiary/aromatic N) is 3. The first-order valence-corrected chi connectivity index (χ1v) is 7.35. The van der Waals surface area contributed by atoms with Gasteiger partial charge in [0.15, 0.2) is 0 Å². The van der Waals surface area contributed by atoms with Crippen LogP contribution in [0.5, 0.6) is 0 Å². The van der Waals surface area contributed by atoms with Crippen molar-refractivity contribution in [1.29, 1.82) is 0 Å². The third-order valence-corrected chi connectivity index (χ3v) is 4.01. The molecule has 2 rings (SSSR count). The molecular formula is C14H17N3O2S. The molecule has 2 heterocycles. The van der Waals surface area contributed by atoms with Crippen LogP contribution in [0, 0.1) is 0 Å². The lowest BCUT2D eigenvalue weighted by Crippen LogP contribution is -2.27. The highest BCUT2D eigenvalue weighted by Gasteiger charge is 2.14. The van der Waals surface area contributed by atoms with Gasteiger partial charge in [0, 0.05) is 30.9 Å². The molecule has 0 aliphatic carbocycles. The number of amides is 1. The minimum Gasteiger partial charge on any atom is -0.467 e. The zero-order chi connectivity index (χ0) is 14.4. The summed E-state index contributed by atoms with van der Waals surface area (Å²) in [6, 6.07) is 3.68. The first kappa shape index (κ1) is 14.6. The van der Waals surface area contributed by atoms with E-state index < -0.39 is 0 Å². The summed E-state index contributed by atoms with van der Waals surface area (Å²) in [5.74, 6) is 1.27. The van der Waals surface area contributed by atoms with Gasteiger partial charge in [0.2, 0.25) is 5.91 Å². The van der Waals surface area contributed by atoms with Crippen LogP contribution in [0.4, 0.5) is 0 Å². The lowest BCUT2D eigenvalue weighted by Gasteiger charge is -2.17. The molecule has 0 saturated heterocycles. The van der Waals surface area contributed by atoms with Gasteiger partial charge in [0.25, 0.3) is 0 Å². The molecule has 0 aliphatic heterocycles. The molecule has 0 aromatic carbocycles. The standard InChI is InChI=1S/C14H17N3O2S/c1-11(13-8-15-5-6-16-13)20-10-14(18)17(2)9-12-4-3-7-19-12/h3-8,11H,9-10H2,1-2H3. The van der Waals surface area contributed by atoms with Crippen molar-refractivity contribution in [1.82, 2.24) is 14.9 Å². The molecule has 0 spiro atoms. The number of rotatable bonds is 6. The molecular weight excluding hydrogens is 274 g/mol. The molecule has 0 aliphatic rings. The van der Waals surface area contributed by atoms with E-state index in [1.54, 1.807) is 48.6 Å². The number of carbonyl (C=O) groups excluding carboxylic acids is 1. The minimum absolute atomic E-state index is 0.0714. The Labute approximate surface area is 122 Å². The quantitative estimate of drug-likeness (QED) is 0.818. The van der Waals surface area contributed by atoms with E-state index in [1.165, 1.54) is 0 Å². The highest BCUT2D eigenvalue weighted by molar-refractivity contribution is 8.00. The summed E-state index contributed by atoms with van der Waals surface area (Å²) in [5.41, 5.74) is 0.888. The van der Waals surface area contributed by atoms with Gasteiger partial charge in [-0.3, -0.25) is 14.8 Å². The molecule has 1 amide bonds. The summed E-state index contributed by atoms with van der Waals surface area (Å²) < 4.78 is 5.23. The van der Waals surface area contributed by atoms with Crippen LogP contribution in [0.25, 0.3) is 0 Å². The molecule has 0 radical (unpaired) electrons. The van der Waals surface area contributed by atoms with Crippen LogP contribution in [0.3, 0.4) is 0 Å².